The van der Waals surface area contributed by atoms with Gasteiger partial charge in [0.05, 0.1) is 0 Å². The molecule has 0 radical (unpaired) electrons. The second-order valence-corrected chi connectivity index (χ2v) is 4.25. The summed E-state index contributed by atoms with van der Waals surface area (Å²) in [7, 11) is 1.86. The number of H-pyrrole nitrogens is 1. The van der Waals surface area contributed by atoms with Crippen LogP contribution in [0.15, 0.2) is 35.3 Å². The number of hydrogen-bond acceptors (Lipinski definition) is 3. The summed E-state index contributed by atoms with van der Waals surface area (Å²) in [6, 6.07) is 7.88. The molecule has 0 spiro atoms. The summed E-state index contributed by atoms with van der Waals surface area (Å²) >= 11 is 0. The Hall–Kier alpha value is -1.94. The van der Waals surface area contributed by atoms with Gasteiger partial charge in [0.2, 0.25) is 0 Å². The quantitative estimate of drug-likeness (QED) is 0.855. The Kier molecular flexibility index (Phi) is 3.89. The predicted molar refractivity (Wildman–Crippen MR) is 72.7 cm³/mol. The Morgan fingerprint density at radius 3 is 2.78 bits per heavy atom. The molecule has 1 aromatic heterocycles. The molecule has 0 unspecified atom stereocenters. The third kappa shape index (κ3) is 2.65. The summed E-state index contributed by atoms with van der Waals surface area (Å²) in [4.78, 5) is 19.1. The minimum atomic E-state index is -0.0569. The summed E-state index contributed by atoms with van der Waals surface area (Å²) in [6.45, 7) is 2.78. The number of nitrogens with zero attached hydrogens (tertiary/aromatic N) is 1. The highest BCUT2D eigenvalue weighted by atomic mass is 16.1. The second kappa shape index (κ2) is 5.60. The molecule has 0 amide bonds. The molecular formula is C14H17N3O. The molecule has 0 aliphatic rings. The number of aromatic amines is 1. The van der Waals surface area contributed by atoms with E-state index in [4.69, 9.17) is 0 Å². The molecule has 1 heterocycles. The lowest BCUT2D eigenvalue weighted by Gasteiger charge is -2.05. The van der Waals surface area contributed by atoms with Crippen LogP contribution in [0, 0.1) is 6.92 Å². The number of hydrogen-bond donors (Lipinski definition) is 2. The van der Waals surface area contributed by atoms with Crippen molar-refractivity contribution >= 4 is 0 Å². The van der Waals surface area contributed by atoms with Crippen LogP contribution in [0.4, 0.5) is 0 Å². The van der Waals surface area contributed by atoms with Crippen LogP contribution < -0.4 is 10.9 Å². The van der Waals surface area contributed by atoms with Gasteiger partial charge in [0.25, 0.3) is 5.56 Å². The largest absolute Gasteiger partial charge is 0.319 e. The standard InChI is InChI=1S/C14H17N3O/c1-10-5-3-4-6-12(10)13-16-9-11(7-8-15-2)14(18)17-13/h3-6,9,15H,7-8H2,1-2H3,(H,16,17,18). The molecule has 18 heavy (non-hydrogen) atoms. The van der Waals surface area contributed by atoms with Gasteiger partial charge < -0.3 is 10.3 Å². The Balaban J connectivity index is 2.35. The first-order valence-electron chi connectivity index (χ1n) is 6.01. The number of aryl methyl sites for hydroxylation is 1. The summed E-state index contributed by atoms with van der Waals surface area (Å²) in [5.74, 6) is 0.631. The third-order valence-electron chi connectivity index (χ3n) is 2.92. The van der Waals surface area contributed by atoms with Crippen molar-refractivity contribution in [2.45, 2.75) is 13.3 Å². The molecule has 2 rings (SSSR count). The van der Waals surface area contributed by atoms with Crippen molar-refractivity contribution in [3.05, 3.63) is 51.9 Å². The molecular weight excluding hydrogens is 226 g/mol. The highest BCUT2D eigenvalue weighted by Crippen LogP contribution is 2.17. The normalized spacial score (nSPS) is 10.6. The zero-order valence-electron chi connectivity index (χ0n) is 10.7. The van der Waals surface area contributed by atoms with Crippen LogP contribution in [0.25, 0.3) is 11.4 Å². The van der Waals surface area contributed by atoms with Crippen LogP contribution in [0.1, 0.15) is 11.1 Å². The van der Waals surface area contributed by atoms with Gasteiger partial charge in [-0.1, -0.05) is 24.3 Å². The molecule has 2 N–H and O–H groups in total. The van der Waals surface area contributed by atoms with Gasteiger partial charge in [0.1, 0.15) is 5.82 Å². The number of rotatable bonds is 4. The molecule has 4 heteroatoms. The summed E-state index contributed by atoms with van der Waals surface area (Å²) < 4.78 is 0. The van der Waals surface area contributed by atoms with E-state index in [1.807, 2.05) is 38.2 Å². The molecule has 0 aliphatic heterocycles. The van der Waals surface area contributed by atoms with Gasteiger partial charge in [-0.3, -0.25) is 4.79 Å². The zero-order chi connectivity index (χ0) is 13.0. The maximum atomic E-state index is 11.9. The Morgan fingerprint density at radius 1 is 1.33 bits per heavy atom. The van der Waals surface area contributed by atoms with Crippen LogP contribution in [-0.2, 0) is 6.42 Å². The van der Waals surface area contributed by atoms with E-state index in [-0.39, 0.29) is 5.56 Å². The molecule has 0 saturated carbocycles. The molecule has 0 bridgehead atoms. The molecule has 0 aliphatic carbocycles. The maximum absolute atomic E-state index is 11.9. The second-order valence-electron chi connectivity index (χ2n) is 4.25. The van der Waals surface area contributed by atoms with E-state index in [1.54, 1.807) is 6.20 Å². The average molecular weight is 243 g/mol. The van der Waals surface area contributed by atoms with Crippen molar-refractivity contribution in [2.24, 2.45) is 0 Å². The van der Waals surface area contributed by atoms with Crippen molar-refractivity contribution in [2.75, 3.05) is 13.6 Å². The predicted octanol–water partition coefficient (Wildman–Crippen LogP) is 1.51. The monoisotopic (exact) mass is 243 g/mol. The minimum Gasteiger partial charge on any atom is -0.319 e. The van der Waals surface area contributed by atoms with Crippen molar-refractivity contribution in [3.8, 4) is 11.4 Å². The van der Waals surface area contributed by atoms with Crippen LogP contribution in [0.5, 0.6) is 0 Å². The lowest BCUT2D eigenvalue weighted by molar-refractivity contribution is 0.781. The summed E-state index contributed by atoms with van der Waals surface area (Å²) in [5.41, 5.74) is 2.72. The number of likely N-dealkylation sites (N-methyl/N-ethyl adjacent to an activating group) is 1. The third-order valence-corrected chi connectivity index (χ3v) is 2.92. The van der Waals surface area contributed by atoms with Gasteiger partial charge in [0, 0.05) is 17.3 Å². The fourth-order valence-corrected chi connectivity index (χ4v) is 1.83. The molecule has 0 atom stereocenters. The smallest absolute Gasteiger partial charge is 0.254 e. The van der Waals surface area contributed by atoms with E-state index in [2.05, 4.69) is 15.3 Å². The lowest BCUT2D eigenvalue weighted by atomic mass is 10.1. The first-order valence-corrected chi connectivity index (χ1v) is 6.01. The summed E-state index contributed by atoms with van der Waals surface area (Å²) in [6.07, 6.45) is 2.35. The number of benzene rings is 1. The number of aromatic nitrogens is 2. The molecule has 94 valence electrons. The topological polar surface area (TPSA) is 57.8 Å². The van der Waals surface area contributed by atoms with Gasteiger partial charge in [-0.15, -0.1) is 0 Å². The first-order chi connectivity index (χ1) is 8.72. The van der Waals surface area contributed by atoms with Gasteiger partial charge in [0.15, 0.2) is 0 Å². The van der Waals surface area contributed by atoms with Crippen LogP contribution in [0.2, 0.25) is 0 Å². The molecule has 1 aromatic carbocycles. The highest BCUT2D eigenvalue weighted by Gasteiger charge is 2.06. The Morgan fingerprint density at radius 2 is 2.11 bits per heavy atom. The molecule has 4 nitrogen and oxygen atoms in total. The highest BCUT2D eigenvalue weighted by molar-refractivity contribution is 5.59. The van der Waals surface area contributed by atoms with Gasteiger partial charge in [-0.2, -0.15) is 0 Å². The van der Waals surface area contributed by atoms with Crippen LogP contribution in [0.3, 0.4) is 0 Å². The van der Waals surface area contributed by atoms with E-state index in [9.17, 15) is 4.79 Å². The van der Waals surface area contributed by atoms with Crippen LogP contribution >= 0.6 is 0 Å². The van der Waals surface area contributed by atoms with E-state index in [0.29, 0.717) is 17.8 Å². The van der Waals surface area contributed by atoms with Gasteiger partial charge in [-0.25, -0.2) is 4.98 Å². The minimum absolute atomic E-state index is 0.0569. The van der Waals surface area contributed by atoms with Crippen LogP contribution in [-0.4, -0.2) is 23.6 Å². The van der Waals surface area contributed by atoms with Gasteiger partial charge in [-0.05, 0) is 32.5 Å². The number of nitrogens with one attached hydrogen (secondary N) is 2. The lowest BCUT2D eigenvalue weighted by Crippen LogP contribution is -2.19. The van der Waals surface area contributed by atoms with Crippen molar-refractivity contribution in [1.29, 1.82) is 0 Å². The van der Waals surface area contributed by atoms with E-state index >= 15 is 0 Å². The fourth-order valence-electron chi connectivity index (χ4n) is 1.83. The van der Waals surface area contributed by atoms with E-state index < -0.39 is 0 Å². The Labute approximate surface area is 106 Å². The zero-order valence-corrected chi connectivity index (χ0v) is 10.7. The van der Waals surface area contributed by atoms with Crippen molar-refractivity contribution in [1.82, 2.24) is 15.3 Å². The molecule has 0 saturated heterocycles. The fraction of sp³-hybridized carbons (Fsp3) is 0.286. The van der Waals surface area contributed by atoms with Crippen molar-refractivity contribution < 1.29 is 0 Å². The van der Waals surface area contributed by atoms with E-state index in [1.165, 1.54) is 0 Å². The summed E-state index contributed by atoms with van der Waals surface area (Å²) in [5, 5.41) is 3.02. The molecule has 2 aromatic rings. The van der Waals surface area contributed by atoms with Gasteiger partial charge >= 0.3 is 0 Å². The van der Waals surface area contributed by atoms with E-state index in [0.717, 1.165) is 17.7 Å². The Bertz CT molecular complexity index is 590. The maximum Gasteiger partial charge on any atom is 0.254 e. The average Bonchev–Trinajstić information content (AvgIpc) is 2.38. The first kappa shape index (κ1) is 12.5. The van der Waals surface area contributed by atoms with Crippen molar-refractivity contribution in [3.63, 3.8) is 0 Å². The molecule has 0 fully saturated rings. The SMILES string of the molecule is CNCCc1cnc(-c2ccccc2C)[nH]c1=O.